The minimum absolute atomic E-state index is 0.00884. The summed E-state index contributed by atoms with van der Waals surface area (Å²) in [5, 5.41) is 10.1. The van der Waals surface area contributed by atoms with Crippen molar-refractivity contribution in [2.75, 3.05) is 0 Å². The molecular weight excluding hydrogens is 191 g/mol. The Morgan fingerprint density at radius 2 is 1.87 bits per heavy atom. The Balaban J connectivity index is 4.52. The van der Waals surface area contributed by atoms with E-state index in [1.54, 1.807) is 0 Å². The minimum Gasteiger partial charge on any atom is -0.480 e. The highest BCUT2D eigenvalue weighted by Gasteiger charge is 2.28. The van der Waals surface area contributed by atoms with Crippen LogP contribution in [0.15, 0.2) is 0 Å². The molecule has 0 saturated carbocycles. The van der Waals surface area contributed by atoms with Gasteiger partial charge in [0.1, 0.15) is 6.04 Å². The standard InChI is InChI=1S/C8H12B3NO3/c1-5(13)12-6(7(14)15)2-8(11,3-9)4-10/h6H,2-4H2,1H3,(H,12,13)(H,14,15). The molecule has 4 nitrogen and oxygen atoms in total. The van der Waals surface area contributed by atoms with Crippen LogP contribution in [0, 0.1) is 0 Å². The van der Waals surface area contributed by atoms with Crippen LogP contribution in [0.25, 0.3) is 0 Å². The van der Waals surface area contributed by atoms with Gasteiger partial charge in [-0.15, -0.1) is 0 Å². The molecule has 1 amide bonds. The molecule has 7 heteroatoms. The molecule has 0 aliphatic heterocycles. The van der Waals surface area contributed by atoms with E-state index >= 15 is 0 Å². The number of carboxylic acid groups (broad SMARTS) is 1. The van der Waals surface area contributed by atoms with Crippen molar-refractivity contribution in [3.8, 4) is 0 Å². The number of amides is 1. The topological polar surface area (TPSA) is 66.4 Å². The molecule has 76 valence electrons. The molecule has 1 unspecified atom stereocenters. The fraction of sp³-hybridized carbons (Fsp3) is 0.750. The van der Waals surface area contributed by atoms with E-state index < -0.39 is 23.2 Å². The second-order valence-electron chi connectivity index (χ2n) is 3.57. The fourth-order valence-corrected chi connectivity index (χ4v) is 1.10. The molecule has 15 heavy (non-hydrogen) atoms. The summed E-state index contributed by atoms with van der Waals surface area (Å²) in [6.07, 6.45) is 0.134. The van der Waals surface area contributed by atoms with Crippen LogP contribution in [-0.4, -0.2) is 46.6 Å². The van der Waals surface area contributed by atoms with Gasteiger partial charge >= 0.3 is 5.97 Å². The number of carbonyl (C=O) groups is 2. The van der Waals surface area contributed by atoms with Crippen LogP contribution in [0.3, 0.4) is 0 Å². The minimum atomic E-state index is -1.15. The Morgan fingerprint density at radius 1 is 1.40 bits per heavy atom. The normalized spacial score (nSPS) is 13.1. The van der Waals surface area contributed by atoms with Crippen molar-refractivity contribution in [2.24, 2.45) is 0 Å². The first-order valence-corrected chi connectivity index (χ1v) is 4.53. The van der Waals surface area contributed by atoms with E-state index in [4.69, 9.17) is 28.6 Å². The molecular formula is C8H12B3NO3. The van der Waals surface area contributed by atoms with Gasteiger partial charge in [0.05, 0.1) is 23.5 Å². The average Bonchev–Trinajstić information content (AvgIpc) is 2.16. The third-order valence-electron chi connectivity index (χ3n) is 2.10. The highest BCUT2D eigenvalue weighted by molar-refractivity contribution is 6.26. The number of carboxylic acids is 1. The molecule has 0 aromatic rings. The molecule has 0 spiro atoms. The van der Waals surface area contributed by atoms with Gasteiger partial charge in [0.25, 0.3) is 0 Å². The van der Waals surface area contributed by atoms with Crippen LogP contribution in [0.2, 0.25) is 18.0 Å². The molecule has 1 atom stereocenters. The van der Waals surface area contributed by atoms with Gasteiger partial charge in [-0.25, -0.2) is 4.79 Å². The lowest BCUT2D eigenvalue weighted by molar-refractivity contribution is -0.141. The van der Waals surface area contributed by atoms with Crippen LogP contribution < -0.4 is 5.32 Å². The maximum atomic E-state index is 10.8. The Labute approximate surface area is 93.4 Å². The second-order valence-corrected chi connectivity index (χ2v) is 3.57. The zero-order chi connectivity index (χ0) is 12.1. The van der Waals surface area contributed by atoms with Crippen LogP contribution >= 0.6 is 0 Å². The van der Waals surface area contributed by atoms with Gasteiger partial charge in [0.2, 0.25) is 5.91 Å². The zero-order valence-electron chi connectivity index (χ0n) is 8.69. The lowest BCUT2D eigenvalue weighted by Gasteiger charge is -2.31. The number of nitrogens with one attached hydrogen (secondary N) is 1. The van der Waals surface area contributed by atoms with Gasteiger partial charge < -0.3 is 10.4 Å². The molecule has 6 radical (unpaired) electrons. The molecule has 0 aliphatic carbocycles. The van der Waals surface area contributed by atoms with Crippen molar-refractivity contribution in [3.05, 3.63) is 0 Å². The molecule has 0 aromatic carbocycles. The van der Waals surface area contributed by atoms with E-state index in [0.29, 0.717) is 0 Å². The van der Waals surface area contributed by atoms with E-state index in [-0.39, 0.29) is 19.1 Å². The second kappa shape index (κ2) is 5.88. The average molecular weight is 203 g/mol. The van der Waals surface area contributed by atoms with E-state index in [2.05, 4.69) is 5.32 Å². The van der Waals surface area contributed by atoms with Crippen LogP contribution in [0.4, 0.5) is 0 Å². The van der Waals surface area contributed by atoms with Gasteiger partial charge in [0.15, 0.2) is 0 Å². The maximum absolute atomic E-state index is 10.8. The number of hydrogen-bond donors (Lipinski definition) is 2. The van der Waals surface area contributed by atoms with Crippen molar-refractivity contribution in [1.29, 1.82) is 0 Å². The summed E-state index contributed by atoms with van der Waals surface area (Å²) in [5.41, 5.74) is 0. The predicted octanol–water partition coefficient (Wildman–Crippen LogP) is -0.533. The van der Waals surface area contributed by atoms with Crippen LogP contribution in [0.5, 0.6) is 0 Å². The smallest absolute Gasteiger partial charge is 0.326 e. The van der Waals surface area contributed by atoms with Crippen molar-refractivity contribution in [3.63, 3.8) is 0 Å². The van der Waals surface area contributed by atoms with E-state index in [1.165, 1.54) is 6.92 Å². The number of hydrogen-bond acceptors (Lipinski definition) is 2. The highest BCUT2D eigenvalue weighted by Crippen LogP contribution is 2.35. The first-order chi connectivity index (χ1) is 6.84. The molecule has 0 aromatic heterocycles. The fourth-order valence-electron chi connectivity index (χ4n) is 1.10. The summed E-state index contributed by atoms with van der Waals surface area (Å²) in [7, 11) is 16.5. The SMILES string of the molecule is [B]CC([B])(C[B])CC(NC(C)=O)C(=O)O. The number of carbonyl (C=O) groups excluding carboxylic acids is 1. The first-order valence-electron chi connectivity index (χ1n) is 4.53. The Kier molecular flexibility index (Phi) is 5.54. The third-order valence-corrected chi connectivity index (χ3v) is 2.10. The summed E-state index contributed by atoms with van der Waals surface area (Å²) in [6, 6.07) is -1.06. The lowest BCUT2D eigenvalue weighted by atomic mass is 9.53. The first kappa shape index (κ1) is 14.1. The van der Waals surface area contributed by atoms with E-state index in [0.717, 1.165) is 0 Å². The Hall–Kier alpha value is -0.865. The summed E-state index contributed by atoms with van der Waals surface area (Å²) < 4.78 is 0. The largest absolute Gasteiger partial charge is 0.480 e. The zero-order valence-corrected chi connectivity index (χ0v) is 8.69. The Morgan fingerprint density at radius 3 is 2.13 bits per heavy atom. The van der Waals surface area contributed by atoms with Gasteiger partial charge in [-0.3, -0.25) is 4.79 Å². The Bertz CT molecular complexity index is 243. The lowest BCUT2D eigenvalue weighted by Crippen LogP contribution is -2.42. The van der Waals surface area contributed by atoms with E-state index in [9.17, 15) is 9.59 Å². The highest BCUT2D eigenvalue weighted by atomic mass is 16.4. The van der Waals surface area contributed by atoms with Crippen LogP contribution in [0.1, 0.15) is 13.3 Å². The molecule has 0 fully saturated rings. The van der Waals surface area contributed by atoms with Gasteiger partial charge in [-0.2, -0.15) is 0 Å². The number of aliphatic carboxylic acids is 1. The summed E-state index contributed by atoms with van der Waals surface area (Å²) in [4.78, 5) is 21.5. The van der Waals surface area contributed by atoms with Gasteiger partial charge in [-0.05, 0) is 6.42 Å². The van der Waals surface area contributed by atoms with Gasteiger partial charge in [-0.1, -0.05) is 18.0 Å². The molecule has 0 heterocycles. The third kappa shape index (κ3) is 4.95. The maximum Gasteiger partial charge on any atom is 0.326 e. The van der Waals surface area contributed by atoms with Crippen molar-refractivity contribution >= 4 is 35.4 Å². The monoisotopic (exact) mass is 203 g/mol. The van der Waals surface area contributed by atoms with Crippen molar-refractivity contribution in [2.45, 2.75) is 37.3 Å². The molecule has 0 rings (SSSR count). The summed E-state index contributed by atoms with van der Waals surface area (Å²) in [5.74, 6) is -1.58. The van der Waals surface area contributed by atoms with Gasteiger partial charge in [0, 0.05) is 6.92 Å². The quantitative estimate of drug-likeness (QED) is 0.569. The molecule has 0 aliphatic rings. The van der Waals surface area contributed by atoms with Crippen molar-refractivity contribution in [1.82, 2.24) is 5.32 Å². The molecule has 0 bridgehead atoms. The molecule has 0 saturated heterocycles. The van der Waals surface area contributed by atoms with Crippen molar-refractivity contribution < 1.29 is 14.7 Å². The molecule has 2 N–H and O–H groups in total. The number of rotatable bonds is 6. The van der Waals surface area contributed by atoms with Crippen LogP contribution in [-0.2, 0) is 9.59 Å². The predicted molar refractivity (Wildman–Crippen MR) is 59.4 cm³/mol. The summed E-state index contributed by atoms with van der Waals surface area (Å²) in [6.45, 7) is 1.24. The van der Waals surface area contributed by atoms with E-state index in [1.807, 2.05) is 0 Å². The summed E-state index contributed by atoms with van der Waals surface area (Å²) >= 11 is 0.